The highest BCUT2D eigenvalue weighted by Crippen LogP contribution is 2.23. The molecule has 1 amide bonds. The number of non-ortho nitro benzene ring substituents is 1. The van der Waals surface area contributed by atoms with Crippen molar-refractivity contribution in [3.63, 3.8) is 0 Å². The highest BCUT2D eigenvalue weighted by Gasteiger charge is 2.14. The molecule has 0 saturated heterocycles. The second-order valence-electron chi connectivity index (χ2n) is 4.01. The maximum atomic E-state index is 11.3. The number of carbonyl (C=O) groups is 1. The molecule has 1 rings (SSSR count). The van der Waals surface area contributed by atoms with E-state index in [4.69, 9.17) is 11.6 Å². The molecule has 0 bridgehead atoms. The summed E-state index contributed by atoms with van der Waals surface area (Å²) in [6.07, 6.45) is 0. The minimum absolute atomic E-state index is 0.00426. The quantitative estimate of drug-likeness (QED) is 0.639. The molecule has 104 valence electrons. The molecule has 0 aliphatic heterocycles. The van der Waals surface area contributed by atoms with Crippen LogP contribution in [0.5, 0.6) is 0 Å². The molecule has 0 fully saturated rings. The van der Waals surface area contributed by atoms with Gasteiger partial charge in [0.1, 0.15) is 0 Å². The van der Waals surface area contributed by atoms with E-state index in [2.05, 4.69) is 5.32 Å². The zero-order valence-electron chi connectivity index (χ0n) is 10.9. The number of benzene rings is 1. The summed E-state index contributed by atoms with van der Waals surface area (Å²) in [6, 6.07) is 4.30. The number of rotatable bonds is 6. The molecule has 7 heteroatoms. The molecule has 0 saturated carbocycles. The third-order valence-electron chi connectivity index (χ3n) is 2.73. The minimum Gasteiger partial charge on any atom is -0.358 e. The van der Waals surface area contributed by atoms with Gasteiger partial charge in [-0.2, -0.15) is 0 Å². The number of amides is 1. The molecule has 0 radical (unpaired) electrons. The predicted octanol–water partition coefficient (Wildman–Crippen LogP) is 1.82. The molecule has 0 atom stereocenters. The molecule has 0 aliphatic rings. The highest BCUT2D eigenvalue weighted by atomic mass is 35.5. The van der Waals surface area contributed by atoms with Crippen LogP contribution in [-0.4, -0.2) is 35.9 Å². The number of hydrogen-bond donors (Lipinski definition) is 1. The molecule has 1 aromatic carbocycles. The van der Waals surface area contributed by atoms with E-state index in [-0.39, 0.29) is 18.1 Å². The third-order valence-corrected chi connectivity index (χ3v) is 3.10. The van der Waals surface area contributed by atoms with E-state index in [9.17, 15) is 14.9 Å². The molecule has 0 spiro atoms. The number of likely N-dealkylation sites (N-methyl/N-ethyl adjacent to an activating group) is 2. The fourth-order valence-electron chi connectivity index (χ4n) is 1.60. The lowest BCUT2D eigenvalue weighted by molar-refractivity contribution is -0.384. The molecule has 0 aliphatic carbocycles. The Morgan fingerprint density at radius 2 is 2.21 bits per heavy atom. The van der Waals surface area contributed by atoms with Gasteiger partial charge in [0.05, 0.1) is 11.5 Å². The summed E-state index contributed by atoms with van der Waals surface area (Å²) < 4.78 is 0. The summed E-state index contributed by atoms with van der Waals surface area (Å²) in [5.41, 5.74) is 0.636. The topological polar surface area (TPSA) is 75.5 Å². The zero-order valence-corrected chi connectivity index (χ0v) is 11.6. The van der Waals surface area contributed by atoms with Crippen molar-refractivity contribution in [2.45, 2.75) is 13.5 Å². The first kappa shape index (κ1) is 15.4. The monoisotopic (exact) mass is 285 g/mol. The Kier molecular flexibility index (Phi) is 5.72. The van der Waals surface area contributed by atoms with Gasteiger partial charge in [-0.15, -0.1) is 0 Å². The average Bonchev–Trinajstić information content (AvgIpc) is 2.39. The van der Waals surface area contributed by atoms with Gasteiger partial charge < -0.3 is 5.32 Å². The maximum Gasteiger partial charge on any atom is 0.269 e. The maximum absolute atomic E-state index is 11.3. The lowest BCUT2D eigenvalue weighted by atomic mass is 10.2. The minimum atomic E-state index is -0.463. The van der Waals surface area contributed by atoms with Gasteiger partial charge >= 0.3 is 0 Å². The molecule has 1 aromatic rings. The number of nitrogens with zero attached hydrogens (tertiary/aromatic N) is 2. The molecule has 0 unspecified atom stereocenters. The number of hydrogen-bond acceptors (Lipinski definition) is 4. The van der Waals surface area contributed by atoms with Crippen LogP contribution >= 0.6 is 11.6 Å². The first-order valence-corrected chi connectivity index (χ1v) is 6.21. The van der Waals surface area contributed by atoms with E-state index in [1.807, 2.05) is 11.8 Å². The summed E-state index contributed by atoms with van der Waals surface area (Å²) in [5.74, 6) is -0.108. The molecular formula is C12H16ClN3O3. The number of carbonyl (C=O) groups excluding carboxylic acids is 1. The number of nitrogens with one attached hydrogen (secondary N) is 1. The van der Waals surface area contributed by atoms with Crippen LogP contribution in [0.2, 0.25) is 5.02 Å². The van der Waals surface area contributed by atoms with Crippen molar-refractivity contribution in [2.24, 2.45) is 0 Å². The van der Waals surface area contributed by atoms with Crippen LogP contribution in [0.1, 0.15) is 12.5 Å². The van der Waals surface area contributed by atoms with Crippen LogP contribution in [0, 0.1) is 10.1 Å². The Morgan fingerprint density at radius 3 is 2.74 bits per heavy atom. The molecule has 19 heavy (non-hydrogen) atoms. The molecule has 6 nitrogen and oxygen atoms in total. The Balaban J connectivity index is 2.86. The van der Waals surface area contributed by atoms with Crippen LogP contribution in [0.4, 0.5) is 5.69 Å². The van der Waals surface area contributed by atoms with Crippen molar-refractivity contribution in [1.82, 2.24) is 10.2 Å². The normalized spacial score (nSPS) is 10.5. The van der Waals surface area contributed by atoms with Gasteiger partial charge in [0.2, 0.25) is 5.91 Å². The van der Waals surface area contributed by atoms with Gasteiger partial charge in [-0.1, -0.05) is 18.5 Å². The summed E-state index contributed by atoms with van der Waals surface area (Å²) in [5, 5.41) is 13.7. The SMILES string of the molecule is CCN(CC(=O)NC)Cc1cc([N+](=O)[O-])ccc1Cl. The van der Waals surface area contributed by atoms with Crippen molar-refractivity contribution in [3.05, 3.63) is 38.9 Å². The summed E-state index contributed by atoms with van der Waals surface area (Å²) in [6.45, 7) is 3.18. The Morgan fingerprint density at radius 1 is 1.53 bits per heavy atom. The van der Waals surface area contributed by atoms with E-state index in [0.717, 1.165) is 0 Å². The van der Waals surface area contributed by atoms with Gasteiger partial charge in [-0.05, 0) is 18.2 Å². The van der Waals surface area contributed by atoms with E-state index >= 15 is 0 Å². The van der Waals surface area contributed by atoms with Gasteiger partial charge in [-0.25, -0.2) is 0 Å². The summed E-state index contributed by atoms with van der Waals surface area (Å²) in [4.78, 5) is 23.5. The zero-order chi connectivity index (χ0) is 14.4. The Labute approximate surface area is 116 Å². The third kappa shape index (κ3) is 4.50. The standard InChI is InChI=1S/C12H16ClN3O3/c1-3-15(8-12(17)14-2)7-9-6-10(16(18)19)4-5-11(9)13/h4-6H,3,7-8H2,1-2H3,(H,14,17). The van der Waals surface area contributed by atoms with Gasteiger partial charge in [0, 0.05) is 30.7 Å². The van der Waals surface area contributed by atoms with E-state index in [1.165, 1.54) is 18.2 Å². The largest absolute Gasteiger partial charge is 0.358 e. The first-order valence-electron chi connectivity index (χ1n) is 5.83. The lowest BCUT2D eigenvalue weighted by Gasteiger charge is -2.19. The Bertz CT molecular complexity index is 479. The fraction of sp³-hybridized carbons (Fsp3) is 0.417. The van der Waals surface area contributed by atoms with Crippen molar-refractivity contribution in [1.29, 1.82) is 0 Å². The second kappa shape index (κ2) is 7.06. The highest BCUT2D eigenvalue weighted by molar-refractivity contribution is 6.31. The van der Waals surface area contributed by atoms with Crippen LogP contribution in [-0.2, 0) is 11.3 Å². The number of nitro groups is 1. The second-order valence-corrected chi connectivity index (χ2v) is 4.42. The van der Waals surface area contributed by atoms with Crippen molar-refractivity contribution < 1.29 is 9.72 Å². The molecule has 0 heterocycles. The van der Waals surface area contributed by atoms with Crippen LogP contribution in [0.15, 0.2) is 18.2 Å². The van der Waals surface area contributed by atoms with Crippen LogP contribution in [0.3, 0.4) is 0 Å². The smallest absolute Gasteiger partial charge is 0.269 e. The fourth-order valence-corrected chi connectivity index (χ4v) is 1.78. The number of nitro benzene ring substituents is 1. The van der Waals surface area contributed by atoms with Crippen LogP contribution in [0.25, 0.3) is 0 Å². The van der Waals surface area contributed by atoms with Crippen molar-refractivity contribution >= 4 is 23.2 Å². The van der Waals surface area contributed by atoms with Crippen molar-refractivity contribution in [3.8, 4) is 0 Å². The Hall–Kier alpha value is -1.66. The van der Waals surface area contributed by atoms with E-state index in [0.29, 0.717) is 23.7 Å². The molecular weight excluding hydrogens is 270 g/mol. The van der Waals surface area contributed by atoms with E-state index in [1.54, 1.807) is 7.05 Å². The summed E-state index contributed by atoms with van der Waals surface area (Å²) in [7, 11) is 1.57. The van der Waals surface area contributed by atoms with Crippen LogP contribution < -0.4 is 5.32 Å². The van der Waals surface area contributed by atoms with E-state index < -0.39 is 4.92 Å². The number of halogens is 1. The van der Waals surface area contributed by atoms with Gasteiger partial charge in [-0.3, -0.25) is 19.8 Å². The average molecular weight is 286 g/mol. The molecule has 0 aromatic heterocycles. The first-order chi connectivity index (χ1) is 8.97. The van der Waals surface area contributed by atoms with Gasteiger partial charge in [0.25, 0.3) is 5.69 Å². The summed E-state index contributed by atoms with van der Waals surface area (Å²) >= 11 is 6.02. The lowest BCUT2D eigenvalue weighted by Crippen LogP contribution is -2.35. The van der Waals surface area contributed by atoms with Gasteiger partial charge in [0.15, 0.2) is 0 Å². The molecule has 1 N–H and O–H groups in total. The predicted molar refractivity (Wildman–Crippen MR) is 73.1 cm³/mol. The van der Waals surface area contributed by atoms with Crippen molar-refractivity contribution in [2.75, 3.05) is 20.1 Å².